The molecule has 100 valence electrons. The Balaban J connectivity index is 1.92. The van der Waals surface area contributed by atoms with Crippen molar-refractivity contribution in [1.82, 2.24) is 15.5 Å². The van der Waals surface area contributed by atoms with E-state index in [9.17, 15) is 4.79 Å². The monoisotopic (exact) mass is 343 g/mol. The number of aromatic nitrogens is 2. The zero-order valence-electron chi connectivity index (χ0n) is 10.1. The van der Waals surface area contributed by atoms with E-state index in [2.05, 4.69) is 31.4 Å². The van der Waals surface area contributed by atoms with Crippen LogP contribution in [-0.2, 0) is 6.42 Å². The molecule has 0 atom stereocenters. The lowest BCUT2D eigenvalue weighted by atomic mass is 10.2. The van der Waals surface area contributed by atoms with E-state index in [-0.39, 0.29) is 5.91 Å². The van der Waals surface area contributed by atoms with Crippen molar-refractivity contribution in [2.45, 2.75) is 13.3 Å². The average molecular weight is 345 g/mol. The minimum absolute atomic E-state index is 0.234. The Morgan fingerprint density at radius 3 is 3.00 bits per heavy atom. The van der Waals surface area contributed by atoms with Gasteiger partial charge in [-0.15, -0.1) is 0 Å². The van der Waals surface area contributed by atoms with Gasteiger partial charge in [-0.25, -0.2) is 0 Å². The molecule has 1 amide bonds. The van der Waals surface area contributed by atoms with Gasteiger partial charge in [0.05, 0.1) is 10.6 Å². The van der Waals surface area contributed by atoms with Crippen LogP contribution in [0.4, 0.5) is 0 Å². The molecule has 2 aromatic rings. The quantitative estimate of drug-likeness (QED) is 0.926. The molecular weight excluding hydrogens is 334 g/mol. The topological polar surface area (TPSA) is 68.0 Å². The lowest BCUT2D eigenvalue weighted by Gasteiger charge is -2.05. The van der Waals surface area contributed by atoms with Crippen LogP contribution in [0.15, 0.2) is 27.2 Å². The van der Waals surface area contributed by atoms with Gasteiger partial charge in [-0.2, -0.15) is 4.98 Å². The molecule has 0 radical (unpaired) electrons. The van der Waals surface area contributed by atoms with E-state index in [1.165, 1.54) is 0 Å². The molecule has 0 aliphatic heterocycles. The van der Waals surface area contributed by atoms with Crippen molar-refractivity contribution in [3.05, 3.63) is 45.0 Å². The SMILES string of the molecule is Cc1noc(CCNC(=O)c2cc(Br)ccc2Cl)n1. The fraction of sp³-hybridized carbons (Fsp3) is 0.250. The molecule has 0 unspecified atom stereocenters. The molecule has 0 saturated heterocycles. The number of carbonyl (C=O) groups excluding carboxylic acids is 1. The highest BCUT2D eigenvalue weighted by atomic mass is 79.9. The number of halogens is 2. The second-order valence-electron chi connectivity index (χ2n) is 3.87. The Kier molecular flexibility index (Phi) is 4.55. The first-order chi connectivity index (χ1) is 9.06. The van der Waals surface area contributed by atoms with Crippen molar-refractivity contribution in [3.8, 4) is 0 Å². The summed E-state index contributed by atoms with van der Waals surface area (Å²) >= 11 is 9.27. The number of carbonyl (C=O) groups is 1. The van der Waals surface area contributed by atoms with Crippen molar-refractivity contribution in [2.75, 3.05) is 6.54 Å². The van der Waals surface area contributed by atoms with Gasteiger partial charge in [-0.3, -0.25) is 4.79 Å². The van der Waals surface area contributed by atoms with Crippen LogP contribution in [0.25, 0.3) is 0 Å². The van der Waals surface area contributed by atoms with Gasteiger partial charge in [-0.05, 0) is 25.1 Å². The van der Waals surface area contributed by atoms with Crippen molar-refractivity contribution < 1.29 is 9.32 Å². The third-order valence-electron chi connectivity index (χ3n) is 2.37. The van der Waals surface area contributed by atoms with Crippen LogP contribution in [0.5, 0.6) is 0 Å². The second-order valence-corrected chi connectivity index (χ2v) is 5.19. The van der Waals surface area contributed by atoms with Crippen molar-refractivity contribution in [3.63, 3.8) is 0 Å². The van der Waals surface area contributed by atoms with Crippen LogP contribution in [-0.4, -0.2) is 22.6 Å². The van der Waals surface area contributed by atoms with Crippen LogP contribution in [0.1, 0.15) is 22.1 Å². The first-order valence-corrected chi connectivity index (χ1v) is 6.76. The smallest absolute Gasteiger partial charge is 0.252 e. The minimum atomic E-state index is -0.234. The molecule has 1 aromatic carbocycles. The molecule has 5 nitrogen and oxygen atoms in total. The number of hydrogen-bond donors (Lipinski definition) is 1. The Morgan fingerprint density at radius 1 is 1.53 bits per heavy atom. The van der Waals surface area contributed by atoms with Crippen molar-refractivity contribution in [2.24, 2.45) is 0 Å². The van der Waals surface area contributed by atoms with Gasteiger partial charge in [-0.1, -0.05) is 32.7 Å². The molecule has 0 aliphatic carbocycles. The van der Waals surface area contributed by atoms with Crippen LogP contribution < -0.4 is 5.32 Å². The van der Waals surface area contributed by atoms with E-state index >= 15 is 0 Å². The largest absolute Gasteiger partial charge is 0.351 e. The predicted molar refractivity (Wildman–Crippen MR) is 74.2 cm³/mol. The van der Waals surface area contributed by atoms with Crippen molar-refractivity contribution in [1.29, 1.82) is 0 Å². The lowest BCUT2D eigenvalue weighted by Crippen LogP contribution is -2.26. The first kappa shape index (κ1) is 14.0. The van der Waals surface area contributed by atoms with Crippen LogP contribution in [0.2, 0.25) is 5.02 Å². The summed E-state index contributed by atoms with van der Waals surface area (Å²) in [6.07, 6.45) is 0.484. The van der Waals surface area contributed by atoms with Gasteiger partial charge in [0.2, 0.25) is 5.89 Å². The van der Waals surface area contributed by atoms with Gasteiger partial charge in [0.1, 0.15) is 0 Å². The normalized spacial score (nSPS) is 10.5. The van der Waals surface area contributed by atoms with E-state index in [4.69, 9.17) is 16.1 Å². The van der Waals surface area contributed by atoms with E-state index in [1.54, 1.807) is 25.1 Å². The van der Waals surface area contributed by atoms with Gasteiger partial charge in [0.25, 0.3) is 5.91 Å². The van der Waals surface area contributed by atoms with E-state index in [0.717, 1.165) is 4.47 Å². The standard InChI is InChI=1S/C12H11BrClN3O2/c1-7-16-11(19-17-7)4-5-15-12(18)9-6-8(13)2-3-10(9)14/h2-3,6H,4-5H2,1H3,(H,15,18). The molecule has 0 spiro atoms. The molecule has 1 aromatic heterocycles. The second kappa shape index (κ2) is 6.16. The van der Waals surface area contributed by atoms with E-state index in [1.807, 2.05) is 0 Å². The Labute approximate surface area is 123 Å². The van der Waals surface area contributed by atoms with Crippen LogP contribution in [0.3, 0.4) is 0 Å². The maximum Gasteiger partial charge on any atom is 0.252 e. The fourth-order valence-corrected chi connectivity index (χ4v) is 2.06. The fourth-order valence-electron chi connectivity index (χ4n) is 1.49. The van der Waals surface area contributed by atoms with Crippen LogP contribution in [0, 0.1) is 6.92 Å². The predicted octanol–water partition coefficient (Wildman–Crippen LogP) is 2.77. The van der Waals surface area contributed by atoms with Gasteiger partial charge < -0.3 is 9.84 Å². The molecule has 1 heterocycles. The van der Waals surface area contributed by atoms with Gasteiger partial charge in [0, 0.05) is 17.4 Å². The highest BCUT2D eigenvalue weighted by Gasteiger charge is 2.11. The third-order valence-corrected chi connectivity index (χ3v) is 3.19. The van der Waals surface area contributed by atoms with E-state index in [0.29, 0.717) is 35.3 Å². The van der Waals surface area contributed by atoms with Gasteiger partial charge >= 0.3 is 0 Å². The number of benzene rings is 1. The number of aryl methyl sites for hydroxylation is 1. The third kappa shape index (κ3) is 3.78. The highest BCUT2D eigenvalue weighted by molar-refractivity contribution is 9.10. The Morgan fingerprint density at radius 2 is 2.32 bits per heavy atom. The summed E-state index contributed by atoms with van der Waals surface area (Å²) in [5, 5.41) is 6.84. The lowest BCUT2D eigenvalue weighted by molar-refractivity contribution is 0.0953. The molecule has 0 bridgehead atoms. The summed E-state index contributed by atoms with van der Waals surface area (Å²) in [6.45, 7) is 2.15. The summed E-state index contributed by atoms with van der Waals surface area (Å²) in [5.74, 6) is 0.844. The summed E-state index contributed by atoms with van der Waals surface area (Å²) in [5.41, 5.74) is 0.428. The highest BCUT2D eigenvalue weighted by Crippen LogP contribution is 2.20. The molecule has 0 aliphatic rings. The summed E-state index contributed by atoms with van der Waals surface area (Å²) in [4.78, 5) is 16.0. The minimum Gasteiger partial charge on any atom is -0.351 e. The van der Waals surface area contributed by atoms with Crippen molar-refractivity contribution >= 4 is 33.4 Å². The molecular formula is C12H11BrClN3O2. The Bertz CT molecular complexity index is 600. The summed E-state index contributed by atoms with van der Waals surface area (Å²) < 4.78 is 5.75. The van der Waals surface area contributed by atoms with Gasteiger partial charge in [0.15, 0.2) is 5.82 Å². The van der Waals surface area contributed by atoms with Crippen LogP contribution >= 0.6 is 27.5 Å². The Hall–Kier alpha value is -1.40. The number of rotatable bonds is 4. The average Bonchev–Trinajstić information content (AvgIpc) is 2.78. The molecule has 0 fully saturated rings. The maximum absolute atomic E-state index is 11.9. The number of hydrogen-bond acceptors (Lipinski definition) is 4. The summed E-state index contributed by atoms with van der Waals surface area (Å²) in [6, 6.07) is 5.12. The number of nitrogens with zero attached hydrogens (tertiary/aromatic N) is 2. The summed E-state index contributed by atoms with van der Waals surface area (Å²) in [7, 11) is 0. The molecule has 0 saturated carbocycles. The zero-order valence-corrected chi connectivity index (χ0v) is 12.5. The number of amides is 1. The number of nitrogens with one attached hydrogen (secondary N) is 1. The zero-order chi connectivity index (χ0) is 13.8. The molecule has 1 N–H and O–H groups in total. The first-order valence-electron chi connectivity index (χ1n) is 5.58. The maximum atomic E-state index is 11.9. The molecule has 7 heteroatoms. The molecule has 19 heavy (non-hydrogen) atoms. The molecule has 2 rings (SSSR count). The van der Waals surface area contributed by atoms with E-state index < -0.39 is 0 Å².